The van der Waals surface area contributed by atoms with Crippen LogP contribution in [-0.2, 0) is 16.4 Å². The zero-order valence-electron chi connectivity index (χ0n) is 19.4. The number of fused-ring (bicyclic) bond motifs is 1. The molecule has 8 nitrogen and oxygen atoms in total. The molecule has 2 heterocycles. The van der Waals surface area contributed by atoms with Crippen LogP contribution in [0, 0.1) is 0 Å². The first-order valence-electron chi connectivity index (χ1n) is 11.8. The predicted molar refractivity (Wildman–Crippen MR) is 139 cm³/mol. The van der Waals surface area contributed by atoms with Crippen molar-refractivity contribution < 1.29 is 8.42 Å². The molecule has 0 saturated heterocycles. The Labute approximate surface area is 209 Å². The second-order valence-corrected chi connectivity index (χ2v) is 10.9. The van der Waals surface area contributed by atoms with Crippen LogP contribution in [-0.4, -0.2) is 34.6 Å². The molecule has 0 spiro atoms. The van der Waals surface area contributed by atoms with Gasteiger partial charge in [-0.2, -0.15) is 5.10 Å². The van der Waals surface area contributed by atoms with E-state index in [1.54, 1.807) is 18.2 Å². The lowest BCUT2D eigenvalue weighted by Crippen LogP contribution is -2.23. The van der Waals surface area contributed by atoms with Crippen LogP contribution in [0.3, 0.4) is 0 Å². The van der Waals surface area contributed by atoms with Gasteiger partial charge in [0.15, 0.2) is 5.82 Å². The van der Waals surface area contributed by atoms with Crippen molar-refractivity contribution in [2.24, 2.45) is 0 Å². The van der Waals surface area contributed by atoms with Crippen LogP contribution < -0.4 is 10.0 Å². The Morgan fingerprint density at radius 3 is 2.69 bits per heavy atom. The van der Waals surface area contributed by atoms with Gasteiger partial charge in [-0.05, 0) is 49.1 Å². The first-order chi connectivity index (χ1) is 16.9. The summed E-state index contributed by atoms with van der Waals surface area (Å²) < 4.78 is 28.0. The molecule has 5 rings (SSSR count). The van der Waals surface area contributed by atoms with Crippen LogP contribution in [0.4, 0.5) is 11.8 Å². The molecule has 35 heavy (non-hydrogen) atoms. The summed E-state index contributed by atoms with van der Waals surface area (Å²) in [6, 6.07) is 12.4. The van der Waals surface area contributed by atoms with E-state index >= 15 is 0 Å². The van der Waals surface area contributed by atoms with Gasteiger partial charge in [-0.3, -0.25) is 9.82 Å². The minimum absolute atomic E-state index is 0.0000183. The van der Waals surface area contributed by atoms with Gasteiger partial charge in [0, 0.05) is 29.3 Å². The lowest BCUT2D eigenvalue weighted by molar-refractivity contribution is 0.461. The molecule has 1 aliphatic carbocycles. The zero-order chi connectivity index (χ0) is 24.4. The standard InChI is InChI=1S/C25H27ClN6O2S/c1-2-16-12-17(13-18-15-27-25(29-24(16)18)28-19-8-4-3-5-9-19)21-14-23(31-30-21)32-35(33,34)22-11-7-6-10-20(22)26/h6-7,10-15,19H,2-5,8-9H2,1H3,(H,27,28,29)(H2,30,31,32). The van der Waals surface area contributed by atoms with Crippen molar-refractivity contribution in [2.45, 2.75) is 56.4 Å². The highest BCUT2D eigenvalue weighted by Gasteiger charge is 2.20. The molecule has 0 atom stereocenters. The molecule has 0 aliphatic heterocycles. The summed E-state index contributed by atoms with van der Waals surface area (Å²) in [5.74, 6) is 0.853. The third-order valence-corrected chi connectivity index (χ3v) is 8.19. The van der Waals surface area contributed by atoms with Gasteiger partial charge in [0.25, 0.3) is 10.0 Å². The Balaban J connectivity index is 1.41. The molecule has 2 aromatic carbocycles. The third kappa shape index (κ3) is 5.11. The fourth-order valence-corrected chi connectivity index (χ4v) is 6.03. The number of hydrogen-bond donors (Lipinski definition) is 3. The number of sulfonamides is 1. The number of aromatic nitrogens is 4. The average molecular weight is 511 g/mol. The number of aryl methyl sites for hydroxylation is 1. The summed E-state index contributed by atoms with van der Waals surface area (Å²) in [5.41, 5.74) is 3.56. The lowest BCUT2D eigenvalue weighted by atomic mass is 9.96. The van der Waals surface area contributed by atoms with E-state index in [0.29, 0.717) is 17.7 Å². The smallest absolute Gasteiger partial charge is 0.264 e. The highest BCUT2D eigenvalue weighted by molar-refractivity contribution is 7.92. The van der Waals surface area contributed by atoms with E-state index in [0.717, 1.165) is 41.3 Å². The van der Waals surface area contributed by atoms with Crippen molar-refractivity contribution in [1.82, 2.24) is 20.2 Å². The topological polar surface area (TPSA) is 113 Å². The summed E-state index contributed by atoms with van der Waals surface area (Å²) in [4.78, 5) is 9.37. The molecule has 2 aromatic heterocycles. The number of halogens is 1. The Bertz CT molecular complexity index is 1460. The monoisotopic (exact) mass is 510 g/mol. The molecule has 0 radical (unpaired) electrons. The van der Waals surface area contributed by atoms with Crippen LogP contribution in [0.2, 0.25) is 5.02 Å². The molecule has 0 bridgehead atoms. The van der Waals surface area contributed by atoms with Gasteiger partial charge in [0.2, 0.25) is 5.95 Å². The van der Waals surface area contributed by atoms with Gasteiger partial charge in [-0.1, -0.05) is 49.9 Å². The van der Waals surface area contributed by atoms with Crippen LogP contribution in [0.5, 0.6) is 0 Å². The molecule has 1 aliphatic rings. The predicted octanol–water partition coefficient (Wildman–Crippen LogP) is 5.78. The Morgan fingerprint density at radius 2 is 1.91 bits per heavy atom. The molecule has 0 amide bonds. The highest BCUT2D eigenvalue weighted by atomic mass is 35.5. The van der Waals surface area contributed by atoms with Gasteiger partial charge < -0.3 is 5.32 Å². The van der Waals surface area contributed by atoms with E-state index in [2.05, 4.69) is 38.2 Å². The number of anilines is 2. The fourth-order valence-electron chi connectivity index (χ4n) is 4.52. The van der Waals surface area contributed by atoms with E-state index in [9.17, 15) is 8.42 Å². The van der Waals surface area contributed by atoms with Crippen LogP contribution >= 0.6 is 11.6 Å². The number of nitrogens with one attached hydrogen (secondary N) is 3. The summed E-state index contributed by atoms with van der Waals surface area (Å²) >= 11 is 6.07. The number of nitrogens with zero attached hydrogens (tertiary/aromatic N) is 3. The summed E-state index contributed by atoms with van der Waals surface area (Å²) in [5, 5.41) is 11.6. The van der Waals surface area contributed by atoms with E-state index in [1.165, 1.54) is 31.4 Å². The minimum Gasteiger partial charge on any atom is -0.351 e. The maximum atomic E-state index is 12.7. The quantitative estimate of drug-likeness (QED) is 0.290. The van der Waals surface area contributed by atoms with E-state index in [-0.39, 0.29) is 15.7 Å². The van der Waals surface area contributed by atoms with Gasteiger partial charge in [-0.25, -0.2) is 18.4 Å². The maximum absolute atomic E-state index is 12.7. The molecule has 0 unspecified atom stereocenters. The molecule has 3 N–H and O–H groups in total. The van der Waals surface area contributed by atoms with Crippen molar-refractivity contribution in [2.75, 3.05) is 10.0 Å². The molecule has 1 saturated carbocycles. The van der Waals surface area contributed by atoms with Crippen molar-refractivity contribution in [3.05, 3.63) is 59.2 Å². The zero-order valence-corrected chi connectivity index (χ0v) is 21.0. The first-order valence-corrected chi connectivity index (χ1v) is 13.7. The molecular weight excluding hydrogens is 484 g/mol. The summed E-state index contributed by atoms with van der Waals surface area (Å²) in [6.45, 7) is 2.09. The number of aromatic amines is 1. The molecule has 182 valence electrons. The minimum atomic E-state index is -3.87. The summed E-state index contributed by atoms with van der Waals surface area (Å²) in [7, 11) is -3.87. The highest BCUT2D eigenvalue weighted by Crippen LogP contribution is 2.29. The second-order valence-electron chi connectivity index (χ2n) is 8.80. The van der Waals surface area contributed by atoms with E-state index < -0.39 is 10.0 Å². The second kappa shape index (κ2) is 9.83. The van der Waals surface area contributed by atoms with Gasteiger partial charge in [-0.15, -0.1) is 0 Å². The maximum Gasteiger partial charge on any atom is 0.264 e. The molecular formula is C25H27ClN6O2S. The van der Waals surface area contributed by atoms with Crippen molar-refractivity contribution in [1.29, 1.82) is 0 Å². The average Bonchev–Trinajstić information content (AvgIpc) is 3.32. The molecule has 4 aromatic rings. The number of H-pyrrole nitrogens is 1. The fraction of sp³-hybridized carbons (Fsp3) is 0.320. The Kier molecular flexibility index (Phi) is 6.62. The normalized spacial score (nSPS) is 14.8. The van der Waals surface area contributed by atoms with Gasteiger partial charge in [0.1, 0.15) is 4.90 Å². The van der Waals surface area contributed by atoms with Crippen molar-refractivity contribution >= 4 is 44.3 Å². The van der Waals surface area contributed by atoms with Crippen molar-refractivity contribution in [3.8, 4) is 11.3 Å². The van der Waals surface area contributed by atoms with Crippen LogP contribution in [0.15, 0.2) is 53.6 Å². The Hall–Kier alpha value is -3.17. The number of rotatable bonds is 7. The van der Waals surface area contributed by atoms with Crippen LogP contribution in [0.25, 0.3) is 22.2 Å². The van der Waals surface area contributed by atoms with Crippen LogP contribution in [0.1, 0.15) is 44.6 Å². The summed E-state index contributed by atoms with van der Waals surface area (Å²) in [6.07, 6.45) is 8.74. The van der Waals surface area contributed by atoms with E-state index in [1.807, 2.05) is 12.3 Å². The van der Waals surface area contributed by atoms with Gasteiger partial charge in [0.05, 0.1) is 16.2 Å². The van der Waals surface area contributed by atoms with E-state index in [4.69, 9.17) is 16.6 Å². The third-order valence-electron chi connectivity index (χ3n) is 6.34. The van der Waals surface area contributed by atoms with Crippen molar-refractivity contribution in [3.63, 3.8) is 0 Å². The molecule has 1 fully saturated rings. The number of hydrogen-bond acceptors (Lipinski definition) is 6. The SMILES string of the molecule is CCc1cc(-c2cc(NS(=O)(=O)c3ccccc3Cl)n[nH]2)cc2cnc(NC3CCCCC3)nc12. The lowest BCUT2D eigenvalue weighted by Gasteiger charge is -2.22. The van der Waals surface area contributed by atoms with Gasteiger partial charge >= 0.3 is 0 Å². The first kappa shape index (κ1) is 23.6. The number of benzene rings is 2. The largest absolute Gasteiger partial charge is 0.351 e. The Morgan fingerprint density at radius 1 is 1.11 bits per heavy atom. The molecule has 10 heteroatoms.